The molecule has 0 aromatic heterocycles. The first kappa shape index (κ1) is 14.0. The molecule has 5 nitrogen and oxygen atoms in total. The number of nitro groups is 1. The van der Waals surface area contributed by atoms with E-state index in [1.165, 1.54) is 6.07 Å². The lowest BCUT2D eigenvalue weighted by Crippen LogP contribution is -1.96. The fourth-order valence-corrected chi connectivity index (χ4v) is 2.17. The summed E-state index contributed by atoms with van der Waals surface area (Å²) in [5.41, 5.74) is 0.935. The predicted octanol–water partition coefficient (Wildman–Crippen LogP) is 4.33. The van der Waals surface area contributed by atoms with E-state index in [1.807, 2.05) is 6.07 Å². The van der Waals surface area contributed by atoms with Crippen molar-refractivity contribution in [3.63, 3.8) is 0 Å². The predicted molar refractivity (Wildman–Crippen MR) is 76.8 cm³/mol. The number of hydrogen-bond donors (Lipinski definition) is 0. The first-order valence-corrected chi connectivity index (χ1v) is 6.43. The SMILES string of the molecule is Cc1cccc(Oc2ccc(C#N)c(Br)c2)c1[N+](=O)[O-]. The molecule has 0 amide bonds. The maximum atomic E-state index is 11.1. The van der Waals surface area contributed by atoms with Crippen LogP contribution in [0.4, 0.5) is 5.69 Å². The molecule has 0 unspecified atom stereocenters. The molecular weight excluding hydrogens is 324 g/mol. The van der Waals surface area contributed by atoms with Gasteiger partial charge in [0.15, 0.2) is 0 Å². The van der Waals surface area contributed by atoms with E-state index in [0.29, 0.717) is 21.3 Å². The summed E-state index contributed by atoms with van der Waals surface area (Å²) in [7, 11) is 0. The summed E-state index contributed by atoms with van der Waals surface area (Å²) in [6, 6.07) is 11.7. The first-order valence-electron chi connectivity index (χ1n) is 5.64. The number of nitriles is 1. The third kappa shape index (κ3) is 2.78. The summed E-state index contributed by atoms with van der Waals surface area (Å²) in [5.74, 6) is 0.594. The Kier molecular flexibility index (Phi) is 4.01. The lowest BCUT2D eigenvalue weighted by molar-refractivity contribution is -0.386. The molecule has 0 atom stereocenters. The van der Waals surface area contributed by atoms with Crippen molar-refractivity contribution >= 4 is 21.6 Å². The van der Waals surface area contributed by atoms with Gasteiger partial charge in [-0.15, -0.1) is 0 Å². The minimum absolute atomic E-state index is 0.0621. The van der Waals surface area contributed by atoms with E-state index in [2.05, 4.69) is 15.9 Å². The van der Waals surface area contributed by atoms with Gasteiger partial charge < -0.3 is 4.74 Å². The van der Waals surface area contributed by atoms with Gasteiger partial charge in [-0.1, -0.05) is 12.1 Å². The van der Waals surface area contributed by atoms with Crippen molar-refractivity contribution in [3.8, 4) is 17.6 Å². The minimum Gasteiger partial charge on any atom is -0.450 e. The average molecular weight is 333 g/mol. The molecular formula is C14H9BrN2O3. The maximum absolute atomic E-state index is 11.1. The highest BCUT2D eigenvalue weighted by Gasteiger charge is 2.18. The van der Waals surface area contributed by atoms with Crippen molar-refractivity contribution in [2.24, 2.45) is 0 Å². The number of para-hydroxylation sites is 1. The largest absolute Gasteiger partial charge is 0.450 e. The van der Waals surface area contributed by atoms with Crippen LogP contribution in [0.5, 0.6) is 11.5 Å². The van der Waals surface area contributed by atoms with E-state index in [-0.39, 0.29) is 11.4 Å². The van der Waals surface area contributed by atoms with E-state index in [9.17, 15) is 10.1 Å². The Hall–Kier alpha value is -2.39. The normalized spacial score (nSPS) is 9.85. The molecule has 2 rings (SSSR count). The van der Waals surface area contributed by atoms with Crippen molar-refractivity contribution in [1.29, 1.82) is 5.26 Å². The molecule has 0 aliphatic rings. The molecule has 0 aliphatic heterocycles. The lowest BCUT2D eigenvalue weighted by Gasteiger charge is -2.08. The van der Waals surface area contributed by atoms with E-state index < -0.39 is 4.92 Å². The van der Waals surface area contributed by atoms with Crippen LogP contribution >= 0.6 is 15.9 Å². The van der Waals surface area contributed by atoms with Crippen molar-refractivity contribution in [2.75, 3.05) is 0 Å². The number of ether oxygens (including phenoxy) is 1. The smallest absolute Gasteiger partial charge is 0.314 e. The monoisotopic (exact) mass is 332 g/mol. The molecule has 0 aliphatic carbocycles. The standard InChI is InChI=1S/C14H9BrN2O3/c1-9-3-2-4-13(14(9)17(18)19)20-11-6-5-10(8-16)12(15)7-11/h2-7H,1H3. The van der Waals surface area contributed by atoms with Crippen LogP contribution in [0, 0.1) is 28.4 Å². The third-order valence-electron chi connectivity index (χ3n) is 2.67. The van der Waals surface area contributed by atoms with Crippen molar-refractivity contribution in [1.82, 2.24) is 0 Å². The van der Waals surface area contributed by atoms with Crippen LogP contribution in [0.25, 0.3) is 0 Å². The third-order valence-corrected chi connectivity index (χ3v) is 3.33. The van der Waals surface area contributed by atoms with Crippen molar-refractivity contribution < 1.29 is 9.66 Å². The highest BCUT2D eigenvalue weighted by atomic mass is 79.9. The number of halogens is 1. The fourth-order valence-electron chi connectivity index (χ4n) is 1.73. The second-order valence-corrected chi connectivity index (χ2v) is 4.89. The zero-order chi connectivity index (χ0) is 14.7. The van der Waals surface area contributed by atoms with Gasteiger partial charge in [0.05, 0.1) is 10.5 Å². The molecule has 0 radical (unpaired) electrons. The zero-order valence-electron chi connectivity index (χ0n) is 10.5. The van der Waals surface area contributed by atoms with Gasteiger partial charge in [0.1, 0.15) is 11.8 Å². The average Bonchev–Trinajstić information content (AvgIpc) is 2.38. The van der Waals surface area contributed by atoms with Gasteiger partial charge >= 0.3 is 5.69 Å². The number of benzene rings is 2. The lowest BCUT2D eigenvalue weighted by atomic mass is 10.2. The van der Waals surface area contributed by atoms with E-state index in [4.69, 9.17) is 10.00 Å². The molecule has 0 spiro atoms. The van der Waals surface area contributed by atoms with Gasteiger partial charge in [-0.2, -0.15) is 5.26 Å². The summed E-state index contributed by atoms with van der Waals surface area (Å²) < 4.78 is 6.13. The molecule has 0 saturated heterocycles. The quantitative estimate of drug-likeness (QED) is 0.619. The van der Waals surface area contributed by atoms with E-state index >= 15 is 0 Å². The van der Waals surface area contributed by atoms with Gasteiger partial charge in [-0.25, -0.2) is 0 Å². The summed E-state index contributed by atoms with van der Waals surface area (Å²) in [6.07, 6.45) is 0. The second kappa shape index (κ2) is 5.72. The topological polar surface area (TPSA) is 76.2 Å². The van der Waals surface area contributed by atoms with Crippen LogP contribution in [-0.2, 0) is 0 Å². The van der Waals surface area contributed by atoms with Crippen LogP contribution in [0.3, 0.4) is 0 Å². The van der Waals surface area contributed by atoms with E-state index in [0.717, 1.165) is 0 Å². The summed E-state index contributed by atoms with van der Waals surface area (Å²) in [6.45, 7) is 1.65. The van der Waals surface area contributed by atoms with Crippen LogP contribution in [0.1, 0.15) is 11.1 Å². The van der Waals surface area contributed by atoms with Crippen LogP contribution in [-0.4, -0.2) is 4.92 Å². The van der Waals surface area contributed by atoms with Crippen LogP contribution in [0.2, 0.25) is 0 Å². The van der Waals surface area contributed by atoms with E-state index in [1.54, 1.807) is 37.3 Å². The fraction of sp³-hybridized carbons (Fsp3) is 0.0714. The maximum Gasteiger partial charge on any atom is 0.314 e. The van der Waals surface area contributed by atoms with Crippen molar-refractivity contribution in [2.45, 2.75) is 6.92 Å². The highest BCUT2D eigenvalue weighted by Crippen LogP contribution is 2.35. The molecule has 0 heterocycles. The number of rotatable bonds is 3. The van der Waals surface area contributed by atoms with Gasteiger partial charge in [0.25, 0.3) is 0 Å². The van der Waals surface area contributed by atoms with Gasteiger partial charge in [-0.3, -0.25) is 10.1 Å². The number of nitro benzene ring substituents is 1. The summed E-state index contributed by atoms with van der Waals surface area (Å²) >= 11 is 3.25. The summed E-state index contributed by atoms with van der Waals surface area (Å²) in [4.78, 5) is 10.6. The molecule has 2 aromatic rings. The molecule has 2 aromatic carbocycles. The number of hydrogen-bond acceptors (Lipinski definition) is 4. The molecule has 0 N–H and O–H groups in total. The highest BCUT2D eigenvalue weighted by molar-refractivity contribution is 9.10. The molecule has 0 saturated carbocycles. The number of aryl methyl sites for hydroxylation is 1. The van der Waals surface area contributed by atoms with Crippen molar-refractivity contribution in [3.05, 3.63) is 62.1 Å². The molecule has 0 fully saturated rings. The van der Waals surface area contributed by atoms with Gasteiger partial charge in [0, 0.05) is 10.0 Å². The molecule has 20 heavy (non-hydrogen) atoms. The first-order chi connectivity index (χ1) is 9.52. The Bertz CT molecular complexity index is 723. The Labute approximate surface area is 123 Å². The Morgan fingerprint density at radius 1 is 1.35 bits per heavy atom. The Balaban J connectivity index is 2.41. The van der Waals surface area contributed by atoms with Gasteiger partial charge in [0.2, 0.25) is 5.75 Å². The van der Waals surface area contributed by atoms with Gasteiger partial charge in [-0.05, 0) is 47.1 Å². The minimum atomic E-state index is -0.469. The Morgan fingerprint density at radius 2 is 2.10 bits per heavy atom. The molecule has 6 heteroatoms. The molecule has 0 bridgehead atoms. The van der Waals surface area contributed by atoms with Crippen LogP contribution in [0.15, 0.2) is 40.9 Å². The Morgan fingerprint density at radius 3 is 2.70 bits per heavy atom. The summed E-state index contributed by atoms with van der Waals surface area (Å²) in [5, 5.41) is 19.9. The second-order valence-electron chi connectivity index (χ2n) is 4.03. The zero-order valence-corrected chi connectivity index (χ0v) is 12.0. The van der Waals surface area contributed by atoms with Crippen LogP contribution < -0.4 is 4.74 Å². The number of nitrogens with zero attached hydrogens (tertiary/aromatic N) is 2. The molecule has 100 valence electrons.